The molecular formula is C17H25FN2O2. The summed E-state index contributed by atoms with van der Waals surface area (Å²) < 4.78 is 17.9. The van der Waals surface area contributed by atoms with Crippen molar-refractivity contribution < 1.29 is 13.9 Å². The van der Waals surface area contributed by atoms with Gasteiger partial charge in [-0.25, -0.2) is 4.39 Å². The number of likely N-dealkylation sites (tertiary alicyclic amines) is 1. The Morgan fingerprint density at radius 1 is 1.32 bits per heavy atom. The largest absolute Gasteiger partial charge is 0.383 e. The highest BCUT2D eigenvalue weighted by atomic mass is 19.1. The Balaban J connectivity index is 1.76. The summed E-state index contributed by atoms with van der Waals surface area (Å²) in [4.78, 5) is 14.0. The number of hydrogen-bond donors (Lipinski definition) is 1. The number of carbonyl (C=O) groups is 1. The van der Waals surface area contributed by atoms with E-state index in [4.69, 9.17) is 4.74 Å². The summed E-state index contributed by atoms with van der Waals surface area (Å²) >= 11 is 0. The van der Waals surface area contributed by atoms with Gasteiger partial charge >= 0.3 is 0 Å². The number of nitrogens with zero attached hydrogens (tertiary/aromatic N) is 1. The summed E-state index contributed by atoms with van der Waals surface area (Å²) in [5.41, 5.74) is 1.07. The quantitative estimate of drug-likeness (QED) is 0.709. The molecule has 0 aliphatic carbocycles. The molecule has 0 saturated carbocycles. The average molecular weight is 308 g/mol. The molecule has 0 unspecified atom stereocenters. The minimum absolute atomic E-state index is 0.221. The lowest BCUT2D eigenvalue weighted by molar-refractivity contribution is -0.129. The van der Waals surface area contributed by atoms with Crippen molar-refractivity contribution in [1.82, 2.24) is 10.2 Å². The molecule has 0 bridgehead atoms. The number of ether oxygens (including phenoxy) is 1. The summed E-state index contributed by atoms with van der Waals surface area (Å²) in [7, 11) is 1.69. The lowest BCUT2D eigenvalue weighted by atomic mass is 10.1. The molecule has 1 heterocycles. The first-order valence-corrected chi connectivity index (χ1v) is 7.94. The monoisotopic (exact) mass is 308 g/mol. The minimum atomic E-state index is -0.221. The van der Waals surface area contributed by atoms with Crippen LogP contribution in [0.5, 0.6) is 0 Å². The van der Waals surface area contributed by atoms with Gasteiger partial charge in [-0.15, -0.1) is 0 Å². The number of hydrogen-bond acceptors (Lipinski definition) is 3. The van der Waals surface area contributed by atoms with Gasteiger partial charge in [0, 0.05) is 32.7 Å². The highest BCUT2D eigenvalue weighted by Gasteiger charge is 2.29. The van der Waals surface area contributed by atoms with Crippen LogP contribution in [0.3, 0.4) is 0 Å². The van der Waals surface area contributed by atoms with E-state index in [0.717, 1.165) is 37.9 Å². The van der Waals surface area contributed by atoms with Crippen molar-refractivity contribution >= 4 is 5.91 Å². The van der Waals surface area contributed by atoms with Crippen LogP contribution in [-0.2, 0) is 16.0 Å². The van der Waals surface area contributed by atoms with Crippen LogP contribution in [0, 0.1) is 5.82 Å². The van der Waals surface area contributed by atoms with Crippen molar-refractivity contribution in [2.24, 2.45) is 0 Å². The highest BCUT2D eigenvalue weighted by molar-refractivity contribution is 5.78. The van der Waals surface area contributed by atoms with Crippen molar-refractivity contribution in [2.75, 3.05) is 33.4 Å². The number of benzene rings is 1. The van der Waals surface area contributed by atoms with Crippen LogP contribution in [-0.4, -0.2) is 50.2 Å². The number of amides is 1. The molecule has 5 heteroatoms. The fraction of sp³-hybridized carbons (Fsp3) is 0.588. The van der Waals surface area contributed by atoms with Crippen molar-refractivity contribution in [1.29, 1.82) is 0 Å². The molecular weight excluding hydrogens is 283 g/mol. The van der Waals surface area contributed by atoms with Crippen LogP contribution in [0.25, 0.3) is 0 Å². The molecule has 122 valence electrons. The number of nitrogens with one attached hydrogen (secondary N) is 1. The van der Waals surface area contributed by atoms with Crippen LogP contribution >= 0.6 is 0 Å². The number of methoxy groups -OCH3 is 1. The maximum absolute atomic E-state index is 12.9. The molecule has 1 atom stereocenters. The molecule has 4 nitrogen and oxygen atoms in total. The van der Waals surface area contributed by atoms with E-state index >= 15 is 0 Å². The Kier molecular flexibility index (Phi) is 6.80. The number of carbonyl (C=O) groups excluding carboxylic acids is 1. The fourth-order valence-electron chi connectivity index (χ4n) is 2.87. The van der Waals surface area contributed by atoms with Crippen molar-refractivity contribution in [3.8, 4) is 0 Å². The van der Waals surface area contributed by atoms with Crippen molar-refractivity contribution in [3.05, 3.63) is 35.6 Å². The Morgan fingerprint density at radius 2 is 2.09 bits per heavy atom. The second-order valence-electron chi connectivity index (χ2n) is 5.69. The van der Waals surface area contributed by atoms with E-state index in [-0.39, 0.29) is 11.7 Å². The van der Waals surface area contributed by atoms with Crippen LogP contribution in [0.2, 0.25) is 0 Å². The lowest BCUT2D eigenvalue weighted by Crippen LogP contribution is -2.37. The van der Waals surface area contributed by atoms with Gasteiger partial charge in [-0.1, -0.05) is 12.1 Å². The van der Waals surface area contributed by atoms with Gasteiger partial charge in [-0.3, -0.25) is 4.79 Å². The van der Waals surface area contributed by atoms with Crippen LogP contribution in [0.4, 0.5) is 4.39 Å². The number of rotatable bonds is 9. The summed E-state index contributed by atoms with van der Waals surface area (Å²) in [6.07, 6.45) is 3.33. The molecule has 1 saturated heterocycles. The van der Waals surface area contributed by atoms with Crippen LogP contribution in [0.1, 0.15) is 24.8 Å². The maximum Gasteiger partial charge on any atom is 0.222 e. The first-order chi connectivity index (χ1) is 10.7. The third-order valence-electron chi connectivity index (χ3n) is 4.14. The van der Waals surface area contributed by atoms with E-state index in [0.29, 0.717) is 25.6 Å². The molecule has 1 aromatic carbocycles. The van der Waals surface area contributed by atoms with Crippen LogP contribution in [0.15, 0.2) is 24.3 Å². The van der Waals surface area contributed by atoms with Crippen LogP contribution < -0.4 is 5.32 Å². The zero-order valence-electron chi connectivity index (χ0n) is 13.2. The lowest BCUT2D eigenvalue weighted by Gasteiger charge is -2.25. The predicted octanol–water partition coefficient (Wildman–Crippen LogP) is 1.99. The van der Waals surface area contributed by atoms with E-state index in [1.54, 1.807) is 19.2 Å². The molecule has 1 amide bonds. The van der Waals surface area contributed by atoms with Crippen molar-refractivity contribution in [3.63, 3.8) is 0 Å². The normalized spacial score (nSPS) is 18.2. The van der Waals surface area contributed by atoms with Gasteiger partial charge in [0.15, 0.2) is 0 Å². The predicted molar refractivity (Wildman–Crippen MR) is 84.2 cm³/mol. The third kappa shape index (κ3) is 5.07. The van der Waals surface area contributed by atoms with Gasteiger partial charge in [0.1, 0.15) is 5.82 Å². The molecule has 0 aromatic heterocycles. The highest BCUT2D eigenvalue weighted by Crippen LogP contribution is 2.21. The van der Waals surface area contributed by atoms with E-state index in [1.165, 1.54) is 12.1 Å². The van der Waals surface area contributed by atoms with Gasteiger partial charge in [0.05, 0.1) is 6.61 Å². The van der Waals surface area contributed by atoms with E-state index < -0.39 is 0 Å². The molecule has 1 N–H and O–H groups in total. The standard InChI is InChI=1S/C17H25FN2O2/c1-22-13-11-19-10-8-16-6-7-17(21)20(16)12-9-14-2-4-15(18)5-3-14/h2-5,16,19H,6-13H2,1H3/t16-/m0/s1. The molecule has 2 rings (SSSR count). The van der Waals surface area contributed by atoms with E-state index in [1.807, 2.05) is 4.90 Å². The SMILES string of the molecule is COCCNCC[C@@H]1CCC(=O)N1CCc1ccc(F)cc1. The van der Waals surface area contributed by atoms with E-state index in [2.05, 4.69) is 5.32 Å². The first kappa shape index (κ1) is 16.9. The Bertz CT molecular complexity index is 464. The number of halogens is 1. The van der Waals surface area contributed by atoms with Gasteiger partial charge in [0.25, 0.3) is 0 Å². The summed E-state index contributed by atoms with van der Waals surface area (Å²) in [5, 5.41) is 3.32. The minimum Gasteiger partial charge on any atom is -0.383 e. The molecule has 1 aliphatic rings. The summed E-state index contributed by atoms with van der Waals surface area (Å²) in [6, 6.07) is 6.84. The fourth-order valence-corrected chi connectivity index (χ4v) is 2.87. The van der Waals surface area contributed by atoms with Gasteiger partial charge in [0.2, 0.25) is 5.91 Å². The topological polar surface area (TPSA) is 41.6 Å². The third-order valence-corrected chi connectivity index (χ3v) is 4.14. The molecule has 1 aromatic rings. The summed E-state index contributed by atoms with van der Waals surface area (Å²) in [6.45, 7) is 3.16. The van der Waals surface area contributed by atoms with E-state index in [9.17, 15) is 9.18 Å². The average Bonchev–Trinajstić information content (AvgIpc) is 2.87. The Morgan fingerprint density at radius 3 is 2.82 bits per heavy atom. The molecule has 1 aliphatic heterocycles. The second-order valence-corrected chi connectivity index (χ2v) is 5.69. The molecule has 0 spiro atoms. The maximum atomic E-state index is 12.9. The smallest absolute Gasteiger partial charge is 0.222 e. The summed E-state index contributed by atoms with van der Waals surface area (Å²) in [5.74, 6) is 0.0185. The van der Waals surface area contributed by atoms with Crippen molar-refractivity contribution in [2.45, 2.75) is 31.7 Å². The molecule has 0 radical (unpaired) electrons. The van der Waals surface area contributed by atoms with Gasteiger partial charge < -0.3 is 15.0 Å². The molecule has 1 fully saturated rings. The molecule has 22 heavy (non-hydrogen) atoms. The van der Waals surface area contributed by atoms with Gasteiger partial charge in [-0.2, -0.15) is 0 Å². The zero-order valence-corrected chi connectivity index (χ0v) is 13.2. The zero-order chi connectivity index (χ0) is 15.8. The first-order valence-electron chi connectivity index (χ1n) is 7.94. The Hall–Kier alpha value is -1.46. The van der Waals surface area contributed by atoms with Gasteiger partial charge in [-0.05, 0) is 43.5 Å². The Labute approximate surface area is 131 Å². The second kappa shape index (κ2) is 8.86.